The zero-order valence-electron chi connectivity index (χ0n) is 8.57. The van der Waals surface area contributed by atoms with Crippen LogP contribution in [0.5, 0.6) is 0 Å². The summed E-state index contributed by atoms with van der Waals surface area (Å²) in [6.07, 6.45) is 1.84. The first-order valence-corrected chi connectivity index (χ1v) is 4.69. The summed E-state index contributed by atoms with van der Waals surface area (Å²) in [5.74, 6) is 0. The van der Waals surface area contributed by atoms with Gasteiger partial charge in [-0.25, -0.2) is 0 Å². The molecule has 1 heterocycles. The highest BCUT2D eigenvalue weighted by atomic mass is 15.8. The second kappa shape index (κ2) is 3.64. The first-order valence-electron chi connectivity index (χ1n) is 4.69. The second-order valence-electron chi connectivity index (χ2n) is 3.35. The highest BCUT2D eigenvalue weighted by Gasteiger charge is 2.22. The van der Waals surface area contributed by atoms with E-state index in [-0.39, 0.29) is 0 Å². The van der Waals surface area contributed by atoms with E-state index < -0.39 is 0 Å². The van der Waals surface area contributed by atoms with Crippen LogP contribution in [0.2, 0.25) is 0 Å². The molecule has 0 radical (unpaired) electrons. The Morgan fingerprint density at radius 1 is 1.60 bits per heavy atom. The molecule has 0 saturated carbocycles. The van der Waals surface area contributed by atoms with Gasteiger partial charge in [0, 0.05) is 7.05 Å². The number of nitrogens with zero attached hydrogens (tertiary/aromatic N) is 3. The van der Waals surface area contributed by atoms with Crippen LogP contribution in [-0.2, 0) is 0 Å². The Morgan fingerprint density at radius 3 is 3.07 bits per heavy atom. The van der Waals surface area contributed by atoms with Crippen LogP contribution in [0.3, 0.4) is 0 Å². The fraction of sp³-hybridized carbons (Fsp3) is 0.182. The average molecular weight is 200 g/mol. The van der Waals surface area contributed by atoms with Gasteiger partial charge >= 0.3 is 0 Å². The SMILES string of the molecule is C=CCN1c2ccc(C#N)cc2NN1C. The van der Waals surface area contributed by atoms with E-state index in [0.717, 1.165) is 17.9 Å². The van der Waals surface area contributed by atoms with Crippen LogP contribution in [0.25, 0.3) is 0 Å². The molecule has 0 saturated heterocycles. The lowest BCUT2D eigenvalue weighted by Gasteiger charge is -2.24. The van der Waals surface area contributed by atoms with Gasteiger partial charge in [-0.2, -0.15) is 5.26 Å². The Bertz CT molecular complexity index is 433. The quantitative estimate of drug-likeness (QED) is 0.738. The number of hydrogen-bond donors (Lipinski definition) is 1. The van der Waals surface area contributed by atoms with Gasteiger partial charge in [0.2, 0.25) is 0 Å². The molecule has 1 aromatic rings. The molecular formula is C11H12N4. The minimum absolute atomic E-state index is 0.662. The van der Waals surface area contributed by atoms with Gasteiger partial charge in [-0.3, -0.25) is 10.4 Å². The van der Waals surface area contributed by atoms with Crippen LogP contribution in [0.4, 0.5) is 11.4 Å². The van der Waals surface area contributed by atoms with Gasteiger partial charge in [0.15, 0.2) is 0 Å². The van der Waals surface area contributed by atoms with Crippen molar-refractivity contribution in [2.45, 2.75) is 0 Å². The molecule has 0 atom stereocenters. The molecular weight excluding hydrogens is 188 g/mol. The highest BCUT2D eigenvalue weighted by Crippen LogP contribution is 2.33. The zero-order valence-corrected chi connectivity index (χ0v) is 8.57. The number of nitriles is 1. The van der Waals surface area contributed by atoms with Crippen LogP contribution in [0, 0.1) is 11.3 Å². The monoisotopic (exact) mass is 200 g/mol. The molecule has 1 N–H and O–H groups in total. The number of benzene rings is 1. The number of hydrazine groups is 2. The smallest absolute Gasteiger partial charge is 0.0992 e. The summed E-state index contributed by atoms with van der Waals surface area (Å²) in [7, 11) is 1.93. The van der Waals surface area contributed by atoms with Gasteiger partial charge < -0.3 is 0 Å². The van der Waals surface area contributed by atoms with Gasteiger partial charge in [0.25, 0.3) is 0 Å². The maximum atomic E-state index is 8.78. The molecule has 4 heteroatoms. The number of anilines is 2. The third-order valence-corrected chi connectivity index (χ3v) is 2.35. The molecule has 76 valence electrons. The summed E-state index contributed by atoms with van der Waals surface area (Å²) in [5.41, 5.74) is 5.85. The zero-order chi connectivity index (χ0) is 10.8. The van der Waals surface area contributed by atoms with E-state index in [1.165, 1.54) is 0 Å². The first-order chi connectivity index (χ1) is 7.26. The predicted molar refractivity (Wildman–Crippen MR) is 60.1 cm³/mol. The number of hydrogen-bond acceptors (Lipinski definition) is 4. The molecule has 1 aliphatic heterocycles. The van der Waals surface area contributed by atoms with Crippen molar-refractivity contribution in [3.63, 3.8) is 0 Å². The topological polar surface area (TPSA) is 42.3 Å². The fourth-order valence-electron chi connectivity index (χ4n) is 1.66. The Kier molecular flexibility index (Phi) is 2.32. The molecule has 0 unspecified atom stereocenters. The van der Waals surface area contributed by atoms with E-state index in [2.05, 4.69) is 18.1 Å². The lowest BCUT2D eigenvalue weighted by Crippen LogP contribution is -2.38. The summed E-state index contributed by atoms with van der Waals surface area (Å²) in [6.45, 7) is 4.46. The molecule has 1 aliphatic rings. The highest BCUT2D eigenvalue weighted by molar-refractivity contribution is 5.74. The van der Waals surface area contributed by atoms with Crippen molar-refractivity contribution in [1.82, 2.24) is 5.12 Å². The summed E-state index contributed by atoms with van der Waals surface area (Å²) in [6, 6.07) is 7.72. The molecule has 0 amide bonds. The Balaban J connectivity index is 2.39. The van der Waals surface area contributed by atoms with Crippen LogP contribution in [-0.4, -0.2) is 18.7 Å². The van der Waals surface area contributed by atoms with Gasteiger partial charge in [-0.1, -0.05) is 6.08 Å². The molecule has 1 aromatic carbocycles. The van der Waals surface area contributed by atoms with Crippen molar-refractivity contribution in [3.8, 4) is 6.07 Å². The maximum absolute atomic E-state index is 8.78. The van der Waals surface area contributed by atoms with Crippen LogP contribution >= 0.6 is 0 Å². The van der Waals surface area contributed by atoms with Crippen molar-refractivity contribution in [2.24, 2.45) is 0 Å². The number of nitrogens with one attached hydrogen (secondary N) is 1. The molecule has 0 fully saturated rings. The Morgan fingerprint density at radius 2 is 2.40 bits per heavy atom. The molecule has 0 spiro atoms. The number of fused-ring (bicyclic) bond motifs is 1. The van der Waals surface area contributed by atoms with Gasteiger partial charge in [-0.05, 0) is 18.2 Å². The van der Waals surface area contributed by atoms with Crippen molar-refractivity contribution in [3.05, 3.63) is 36.4 Å². The normalized spacial score (nSPS) is 14.3. The van der Waals surface area contributed by atoms with Gasteiger partial charge in [0.05, 0.1) is 29.6 Å². The van der Waals surface area contributed by atoms with E-state index in [0.29, 0.717) is 5.56 Å². The summed E-state index contributed by atoms with van der Waals surface area (Å²) in [4.78, 5) is 0. The molecule has 0 bridgehead atoms. The summed E-state index contributed by atoms with van der Waals surface area (Å²) >= 11 is 0. The minimum atomic E-state index is 0.662. The summed E-state index contributed by atoms with van der Waals surface area (Å²) < 4.78 is 0. The van der Waals surface area contributed by atoms with E-state index in [9.17, 15) is 0 Å². The summed E-state index contributed by atoms with van der Waals surface area (Å²) in [5, 5.41) is 12.7. The molecule has 4 nitrogen and oxygen atoms in total. The lowest BCUT2D eigenvalue weighted by molar-refractivity contribution is 0.399. The largest absolute Gasteiger partial charge is 0.299 e. The molecule has 0 aliphatic carbocycles. The van der Waals surface area contributed by atoms with Gasteiger partial charge in [-0.15, -0.1) is 11.7 Å². The second-order valence-corrected chi connectivity index (χ2v) is 3.35. The molecule has 2 rings (SSSR count). The molecule has 0 aromatic heterocycles. The maximum Gasteiger partial charge on any atom is 0.0992 e. The van der Waals surface area contributed by atoms with E-state index in [1.807, 2.05) is 41.4 Å². The Labute approximate surface area is 89.0 Å². The first kappa shape index (κ1) is 9.56. The van der Waals surface area contributed by atoms with Crippen molar-refractivity contribution >= 4 is 11.4 Å². The standard InChI is InChI=1S/C11H12N4/c1-3-6-15-11-5-4-9(8-12)7-10(11)13-14(15)2/h3-5,7,13H,1,6H2,2H3. The van der Waals surface area contributed by atoms with E-state index in [4.69, 9.17) is 5.26 Å². The Hall–Kier alpha value is -1.99. The van der Waals surface area contributed by atoms with Crippen molar-refractivity contribution in [2.75, 3.05) is 24.0 Å². The van der Waals surface area contributed by atoms with E-state index >= 15 is 0 Å². The predicted octanol–water partition coefficient (Wildman–Crippen LogP) is 1.74. The third-order valence-electron chi connectivity index (χ3n) is 2.35. The fourth-order valence-corrected chi connectivity index (χ4v) is 1.66. The number of rotatable bonds is 2. The van der Waals surface area contributed by atoms with Crippen LogP contribution in [0.15, 0.2) is 30.9 Å². The molecule has 15 heavy (non-hydrogen) atoms. The third kappa shape index (κ3) is 1.53. The van der Waals surface area contributed by atoms with Crippen molar-refractivity contribution < 1.29 is 0 Å². The minimum Gasteiger partial charge on any atom is -0.299 e. The average Bonchev–Trinajstić information content (AvgIpc) is 2.55. The van der Waals surface area contributed by atoms with Gasteiger partial charge in [0.1, 0.15) is 0 Å². The van der Waals surface area contributed by atoms with Crippen LogP contribution in [0.1, 0.15) is 5.56 Å². The van der Waals surface area contributed by atoms with Crippen molar-refractivity contribution in [1.29, 1.82) is 5.26 Å². The lowest BCUT2D eigenvalue weighted by atomic mass is 10.2. The van der Waals surface area contributed by atoms with E-state index in [1.54, 1.807) is 0 Å². The van der Waals surface area contributed by atoms with Crippen LogP contribution < -0.4 is 10.4 Å².